The second-order valence-corrected chi connectivity index (χ2v) is 3.77. The molecule has 0 amide bonds. The van der Waals surface area contributed by atoms with E-state index in [1.54, 1.807) is 24.3 Å². The van der Waals surface area contributed by atoms with Crippen molar-refractivity contribution in [3.63, 3.8) is 0 Å². The monoisotopic (exact) mass is 265 g/mol. The molecule has 1 heterocycles. The van der Waals surface area contributed by atoms with Gasteiger partial charge in [0.25, 0.3) is 0 Å². The van der Waals surface area contributed by atoms with Crippen LogP contribution in [0.3, 0.4) is 0 Å². The Balaban J connectivity index is 2.25. The van der Waals surface area contributed by atoms with Crippen molar-refractivity contribution in [2.75, 3.05) is 17.7 Å². The van der Waals surface area contributed by atoms with Gasteiger partial charge in [0.1, 0.15) is 5.75 Å². The zero-order valence-electron chi connectivity index (χ0n) is 10.3. The second kappa shape index (κ2) is 5.51. The van der Waals surface area contributed by atoms with Crippen LogP contribution in [0.15, 0.2) is 30.3 Å². The Morgan fingerprint density at radius 1 is 1.26 bits per heavy atom. The van der Waals surface area contributed by atoms with Gasteiger partial charge in [-0.3, -0.25) is 0 Å². The van der Waals surface area contributed by atoms with E-state index in [9.17, 15) is 8.78 Å². The van der Waals surface area contributed by atoms with Crippen molar-refractivity contribution in [3.05, 3.63) is 42.0 Å². The van der Waals surface area contributed by atoms with Crippen molar-refractivity contribution in [3.8, 4) is 5.75 Å². The number of nitrogens with zero attached hydrogens (tertiary/aromatic N) is 1. The van der Waals surface area contributed by atoms with Crippen LogP contribution in [-0.2, 0) is 0 Å². The molecule has 2 rings (SSSR count). The topological polar surface area (TPSA) is 60.2 Å². The van der Waals surface area contributed by atoms with Gasteiger partial charge in [-0.15, -0.1) is 0 Å². The smallest absolute Gasteiger partial charge is 0.169 e. The summed E-state index contributed by atoms with van der Waals surface area (Å²) in [6.45, 7) is 2.39. The highest BCUT2D eigenvalue weighted by molar-refractivity contribution is 5.60. The summed E-state index contributed by atoms with van der Waals surface area (Å²) in [4.78, 5) is 3.62. The minimum atomic E-state index is -0.883. The maximum Gasteiger partial charge on any atom is 0.169 e. The zero-order valence-corrected chi connectivity index (χ0v) is 10.3. The van der Waals surface area contributed by atoms with E-state index in [4.69, 9.17) is 10.5 Å². The molecule has 100 valence electrons. The third-order valence-corrected chi connectivity index (χ3v) is 2.36. The highest BCUT2D eigenvalue weighted by atomic mass is 19.1. The number of nitrogens with one attached hydrogen (secondary N) is 1. The molecule has 0 radical (unpaired) electrons. The fourth-order valence-corrected chi connectivity index (χ4v) is 1.54. The molecule has 0 bridgehead atoms. The van der Waals surface area contributed by atoms with Crippen LogP contribution in [0, 0.1) is 11.6 Å². The molecule has 1 aromatic carbocycles. The standard InChI is InChI=1S/C13H13F2N3O/c1-2-19-9-5-3-4-8(6-9)17-13-11(15)7-10(14)12(16)18-13/h3-7H,2H2,1H3,(H3,16,17,18). The largest absolute Gasteiger partial charge is 0.494 e. The van der Waals surface area contributed by atoms with E-state index < -0.39 is 11.6 Å². The molecular formula is C13H13F2N3O. The number of rotatable bonds is 4. The van der Waals surface area contributed by atoms with Crippen LogP contribution in [0.25, 0.3) is 0 Å². The first kappa shape index (κ1) is 13.1. The fourth-order valence-electron chi connectivity index (χ4n) is 1.54. The summed E-state index contributed by atoms with van der Waals surface area (Å²) < 4.78 is 31.8. The van der Waals surface area contributed by atoms with E-state index in [0.717, 1.165) is 0 Å². The second-order valence-electron chi connectivity index (χ2n) is 3.77. The van der Waals surface area contributed by atoms with Gasteiger partial charge in [0.15, 0.2) is 23.3 Å². The molecule has 0 saturated carbocycles. The number of anilines is 3. The van der Waals surface area contributed by atoms with Crippen molar-refractivity contribution in [2.24, 2.45) is 0 Å². The van der Waals surface area contributed by atoms with Crippen molar-refractivity contribution in [1.82, 2.24) is 4.98 Å². The van der Waals surface area contributed by atoms with E-state index in [-0.39, 0.29) is 11.6 Å². The first-order chi connectivity index (χ1) is 9.10. The number of pyridine rings is 1. The Morgan fingerprint density at radius 2 is 2.05 bits per heavy atom. The lowest BCUT2D eigenvalue weighted by Crippen LogP contribution is -2.03. The summed E-state index contributed by atoms with van der Waals surface area (Å²) in [6, 6.07) is 7.61. The first-order valence-electron chi connectivity index (χ1n) is 5.71. The lowest BCUT2D eigenvalue weighted by Gasteiger charge is -2.09. The van der Waals surface area contributed by atoms with Crippen LogP contribution >= 0.6 is 0 Å². The molecule has 0 aliphatic carbocycles. The van der Waals surface area contributed by atoms with Gasteiger partial charge in [0.2, 0.25) is 0 Å². The van der Waals surface area contributed by atoms with Crippen LogP contribution in [0.1, 0.15) is 6.92 Å². The lowest BCUT2D eigenvalue weighted by molar-refractivity contribution is 0.340. The molecule has 0 aliphatic heterocycles. The molecular weight excluding hydrogens is 252 g/mol. The SMILES string of the molecule is CCOc1cccc(Nc2nc(N)c(F)cc2F)c1. The van der Waals surface area contributed by atoms with Gasteiger partial charge in [-0.2, -0.15) is 0 Å². The van der Waals surface area contributed by atoms with E-state index in [1.807, 2.05) is 6.92 Å². The Hall–Kier alpha value is -2.37. The Labute approximate surface area is 109 Å². The number of aromatic nitrogens is 1. The number of hydrogen-bond acceptors (Lipinski definition) is 4. The van der Waals surface area contributed by atoms with Crippen molar-refractivity contribution >= 4 is 17.3 Å². The van der Waals surface area contributed by atoms with Gasteiger partial charge in [-0.05, 0) is 19.1 Å². The lowest BCUT2D eigenvalue weighted by atomic mass is 10.3. The molecule has 19 heavy (non-hydrogen) atoms. The average Bonchev–Trinajstić information content (AvgIpc) is 2.37. The van der Waals surface area contributed by atoms with Crippen LogP contribution in [-0.4, -0.2) is 11.6 Å². The van der Waals surface area contributed by atoms with E-state index in [0.29, 0.717) is 24.1 Å². The van der Waals surface area contributed by atoms with Gasteiger partial charge in [-0.1, -0.05) is 6.07 Å². The third-order valence-electron chi connectivity index (χ3n) is 2.36. The predicted octanol–water partition coefficient (Wildman–Crippen LogP) is 3.08. The summed E-state index contributed by atoms with van der Waals surface area (Å²) in [5, 5.41) is 2.73. The molecule has 1 aromatic heterocycles. The maximum atomic E-state index is 13.5. The molecule has 4 nitrogen and oxygen atoms in total. The molecule has 0 fully saturated rings. The Morgan fingerprint density at radius 3 is 2.79 bits per heavy atom. The molecule has 2 aromatic rings. The summed E-state index contributed by atoms with van der Waals surface area (Å²) in [6.07, 6.45) is 0. The zero-order chi connectivity index (χ0) is 13.8. The Kier molecular flexibility index (Phi) is 3.79. The van der Waals surface area contributed by atoms with Crippen LogP contribution in [0.5, 0.6) is 5.75 Å². The number of hydrogen-bond donors (Lipinski definition) is 2. The van der Waals surface area contributed by atoms with Crippen LogP contribution < -0.4 is 15.8 Å². The summed E-state index contributed by atoms with van der Waals surface area (Å²) in [5.41, 5.74) is 5.88. The number of nitrogens with two attached hydrogens (primary N) is 1. The van der Waals surface area contributed by atoms with E-state index >= 15 is 0 Å². The van der Waals surface area contributed by atoms with Crippen LogP contribution in [0.2, 0.25) is 0 Å². The quantitative estimate of drug-likeness (QED) is 0.891. The molecule has 0 unspecified atom stereocenters. The van der Waals surface area contributed by atoms with Crippen molar-refractivity contribution in [1.29, 1.82) is 0 Å². The molecule has 0 aliphatic rings. The molecule has 0 saturated heterocycles. The number of nitrogen functional groups attached to an aromatic ring is 1. The van der Waals surface area contributed by atoms with Gasteiger partial charge >= 0.3 is 0 Å². The van der Waals surface area contributed by atoms with Gasteiger partial charge < -0.3 is 15.8 Å². The van der Waals surface area contributed by atoms with Gasteiger partial charge in [-0.25, -0.2) is 13.8 Å². The molecule has 0 atom stereocenters. The van der Waals surface area contributed by atoms with Gasteiger partial charge in [0.05, 0.1) is 6.61 Å². The van der Waals surface area contributed by atoms with E-state index in [2.05, 4.69) is 10.3 Å². The van der Waals surface area contributed by atoms with Crippen molar-refractivity contribution < 1.29 is 13.5 Å². The number of benzene rings is 1. The minimum Gasteiger partial charge on any atom is -0.494 e. The highest BCUT2D eigenvalue weighted by Crippen LogP contribution is 2.23. The maximum absolute atomic E-state index is 13.5. The number of ether oxygens (including phenoxy) is 1. The van der Waals surface area contributed by atoms with Gasteiger partial charge in [0, 0.05) is 17.8 Å². The first-order valence-corrected chi connectivity index (χ1v) is 5.71. The molecule has 6 heteroatoms. The molecule has 0 spiro atoms. The average molecular weight is 265 g/mol. The summed E-state index contributed by atoms with van der Waals surface area (Å²) in [5.74, 6) is -1.54. The third kappa shape index (κ3) is 3.09. The Bertz CT molecular complexity index is 590. The highest BCUT2D eigenvalue weighted by Gasteiger charge is 2.10. The predicted molar refractivity (Wildman–Crippen MR) is 69.5 cm³/mol. The normalized spacial score (nSPS) is 10.3. The number of halogens is 2. The minimum absolute atomic E-state index is 0.132. The van der Waals surface area contributed by atoms with Crippen molar-refractivity contribution in [2.45, 2.75) is 6.92 Å². The molecule has 3 N–H and O–H groups in total. The van der Waals surface area contributed by atoms with Crippen LogP contribution in [0.4, 0.5) is 26.1 Å². The van der Waals surface area contributed by atoms with E-state index in [1.165, 1.54) is 0 Å². The summed E-state index contributed by atoms with van der Waals surface area (Å²) in [7, 11) is 0. The fraction of sp³-hybridized carbons (Fsp3) is 0.154. The summed E-state index contributed by atoms with van der Waals surface area (Å²) >= 11 is 0.